The van der Waals surface area contributed by atoms with Gasteiger partial charge in [-0.3, -0.25) is 0 Å². The fourth-order valence-electron chi connectivity index (χ4n) is 5.52. The van der Waals surface area contributed by atoms with E-state index in [2.05, 4.69) is 83.9 Å². The third-order valence-electron chi connectivity index (χ3n) is 7.60. The lowest BCUT2D eigenvalue weighted by Crippen LogP contribution is -2.31. The Balaban J connectivity index is 1.24. The van der Waals surface area contributed by atoms with Gasteiger partial charge in [-0.15, -0.1) is 0 Å². The van der Waals surface area contributed by atoms with Gasteiger partial charge >= 0.3 is 0 Å². The van der Waals surface area contributed by atoms with Crippen molar-refractivity contribution < 1.29 is 9.15 Å². The van der Waals surface area contributed by atoms with Gasteiger partial charge < -0.3 is 0 Å². The summed E-state index contributed by atoms with van der Waals surface area (Å²) in [5.41, 5.74) is 6.19. The smallest absolute Gasteiger partial charge is 0.156 e. The van der Waals surface area contributed by atoms with Crippen molar-refractivity contribution in [1.82, 2.24) is 0 Å². The monoisotopic (exact) mass is 416 g/mol. The van der Waals surface area contributed by atoms with Gasteiger partial charge in [0.25, 0.3) is 0 Å². The summed E-state index contributed by atoms with van der Waals surface area (Å²) >= 11 is 0. The van der Waals surface area contributed by atoms with Crippen molar-refractivity contribution in [2.45, 2.75) is 57.8 Å². The molecule has 0 radical (unpaired) electrons. The highest BCUT2D eigenvalue weighted by Gasteiger charge is 2.27. The second-order valence-corrected chi connectivity index (χ2v) is 9.95. The van der Waals surface area contributed by atoms with Crippen LogP contribution in [0.4, 0.5) is 0 Å². The molecule has 4 rings (SSSR count). The number of nitrogens with zero attached hydrogens (tertiary/aromatic N) is 2. The summed E-state index contributed by atoms with van der Waals surface area (Å²) < 4.78 is 5.04. The van der Waals surface area contributed by atoms with Crippen molar-refractivity contribution in [2.24, 2.45) is 11.8 Å². The Labute approximate surface area is 189 Å². The standard InChI is InChI=1S/C29H40N2/c1-30-18-16-26(22-28(30)20-24-10-5-3-6-11-24)14-9-15-27-17-19-31(2)29(23-27)21-25-12-7-4-8-13-25/h3-8,10-13,26-27H,9,14-23H2,1-2H3/q+2. The molecule has 164 valence electrons. The molecule has 2 aromatic rings. The molecule has 0 aliphatic carbocycles. The van der Waals surface area contributed by atoms with Crippen molar-refractivity contribution in [3.63, 3.8) is 0 Å². The molecule has 2 heteroatoms. The van der Waals surface area contributed by atoms with Gasteiger partial charge in [0, 0.05) is 25.7 Å². The maximum absolute atomic E-state index is 2.52. The zero-order valence-electron chi connectivity index (χ0n) is 19.6. The Morgan fingerprint density at radius 3 is 1.48 bits per heavy atom. The first-order valence-electron chi connectivity index (χ1n) is 12.4. The van der Waals surface area contributed by atoms with Crippen LogP contribution in [0.5, 0.6) is 0 Å². The molecule has 0 fully saturated rings. The fraction of sp³-hybridized carbons (Fsp3) is 0.517. The van der Waals surface area contributed by atoms with E-state index >= 15 is 0 Å². The van der Waals surface area contributed by atoms with Gasteiger partial charge in [0.05, 0.1) is 12.8 Å². The SMILES string of the molecule is C[N+]1=C(Cc2ccccc2)CC(CCCC2CC[N+](C)=C(Cc3ccccc3)C2)CC1. The van der Waals surface area contributed by atoms with E-state index in [-0.39, 0.29) is 0 Å². The summed E-state index contributed by atoms with van der Waals surface area (Å²) in [6.07, 6.45) is 11.8. The van der Waals surface area contributed by atoms with Crippen LogP contribution in [0.3, 0.4) is 0 Å². The summed E-state index contributed by atoms with van der Waals surface area (Å²) in [6.45, 7) is 2.46. The molecule has 2 nitrogen and oxygen atoms in total. The highest BCUT2D eigenvalue weighted by atomic mass is 15.0. The Kier molecular flexibility index (Phi) is 7.72. The molecular formula is C29H40N2+2. The topological polar surface area (TPSA) is 6.02 Å². The van der Waals surface area contributed by atoms with Gasteiger partial charge in [-0.2, -0.15) is 0 Å². The summed E-state index contributed by atoms with van der Waals surface area (Å²) in [5, 5.41) is 0. The van der Waals surface area contributed by atoms with Crippen LogP contribution in [0.25, 0.3) is 0 Å². The number of benzene rings is 2. The molecule has 0 amide bonds. The molecule has 0 N–H and O–H groups in total. The van der Waals surface area contributed by atoms with Gasteiger partial charge in [0.2, 0.25) is 0 Å². The van der Waals surface area contributed by atoms with Crippen LogP contribution in [0.2, 0.25) is 0 Å². The molecule has 2 unspecified atom stereocenters. The second-order valence-electron chi connectivity index (χ2n) is 9.95. The van der Waals surface area contributed by atoms with E-state index in [1.165, 1.54) is 69.2 Å². The lowest BCUT2D eigenvalue weighted by molar-refractivity contribution is -0.506. The predicted molar refractivity (Wildman–Crippen MR) is 132 cm³/mol. The van der Waals surface area contributed by atoms with Gasteiger partial charge in [0.15, 0.2) is 11.4 Å². The van der Waals surface area contributed by atoms with Crippen LogP contribution in [0.15, 0.2) is 60.7 Å². The third-order valence-corrected chi connectivity index (χ3v) is 7.60. The summed E-state index contributed by atoms with van der Waals surface area (Å²) in [4.78, 5) is 0. The fourth-order valence-corrected chi connectivity index (χ4v) is 5.52. The van der Waals surface area contributed by atoms with E-state index < -0.39 is 0 Å². The van der Waals surface area contributed by atoms with E-state index in [0.717, 1.165) is 24.7 Å². The van der Waals surface area contributed by atoms with E-state index in [4.69, 9.17) is 0 Å². The van der Waals surface area contributed by atoms with Crippen LogP contribution in [-0.4, -0.2) is 47.8 Å². The maximum Gasteiger partial charge on any atom is 0.156 e. The Morgan fingerprint density at radius 1 is 0.645 bits per heavy atom. The molecule has 2 aromatic carbocycles. The van der Waals surface area contributed by atoms with Crippen molar-refractivity contribution in [3.8, 4) is 0 Å². The zero-order valence-corrected chi connectivity index (χ0v) is 19.6. The minimum atomic E-state index is 0.883. The number of rotatable bonds is 8. The molecule has 2 aliphatic rings. The molecule has 2 aliphatic heterocycles. The minimum Gasteiger partial charge on any atom is -0.239 e. The van der Waals surface area contributed by atoms with Gasteiger partial charge in [-0.25, -0.2) is 9.15 Å². The van der Waals surface area contributed by atoms with Crippen LogP contribution in [-0.2, 0) is 12.8 Å². The Bertz CT molecular complexity index is 819. The van der Waals surface area contributed by atoms with E-state index in [1.54, 1.807) is 11.4 Å². The normalized spacial score (nSPS) is 22.1. The lowest BCUT2D eigenvalue weighted by atomic mass is 9.84. The van der Waals surface area contributed by atoms with Gasteiger partial charge in [0.1, 0.15) is 27.2 Å². The molecule has 31 heavy (non-hydrogen) atoms. The molecule has 2 atom stereocenters. The Hall–Kier alpha value is -2.22. The van der Waals surface area contributed by atoms with E-state index in [1.807, 2.05) is 0 Å². The first kappa shape index (κ1) is 22.0. The van der Waals surface area contributed by atoms with E-state index in [0.29, 0.717) is 0 Å². The maximum atomic E-state index is 2.52. The number of hydrogen-bond acceptors (Lipinski definition) is 0. The van der Waals surface area contributed by atoms with Crippen LogP contribution in [0, 0.1) is 11.8 Å². The summed E-state index contributed by atoms with van der Waals surface area (Å²) in [7, 11) is 4.58. The highest BCUT2D eigenvalue weighted by molar-refractivity contribution is 5.83. The van der Waals surface area contributed by atoms with Crippen LogP contribution >= 0.6 is 0 Å². The average Bonchev–Trinajstić information content (AvgIpc) is 2.79. The third kappa shape index (κ3) is 6.38. The molecule has 0 bridgehead atoms. The summed E-state index contributed by atoms with van der Waals surface area (Å²) in [5.74, 6) is 1.77. The Morgan fingerprint density at radius 2 is 1.06 bits per heavy atom. The predicted octanol–water partition coefficient (Wildman–Crippen LogP) is 5.63. The van der Waals surface area contributed by atoms with Crippen molar-refractivity contribution in [1.29, 1.82) is 0 Å². The molecule has 2 heterocycles. The van der Waals surface area contributed by atoms with Crippen LogP contribution < -0.4 is 0 Å². The lowest BCUT2D eigenvalue weighted by Gasteiger charge is -2.24. The van der Waals surface area contributed by atoms with Gasteiger partial charge in [-0.05, 0) is 35.8 Å². The average molecular weight is 417 g/mol. The largest absolute Gasteiger partial charge is 0.239 e. The quantitative estimate of drug-likeness (QED) is 0.492. The van der Waals surface area contributed by atoms with Crippen molar-refractivity contribution in [2.75, 3.05) is 27.2 Å². The number of hydrogen-bond donors (Lipinski definition) is 0. The molecule has 0 saturated carbocycles. The highest BCUT2D eigenvalue weighted by Crippen LogP contribution is 2.27. The van der Waals surface area contributed by atoms with Gasteiger partial charge in [-0.1, -0.05) is 67.1 Å². The first-order valence-corrected chi connectivity index (χ1v) is 12.4. The summed E-state index contributed by atoms with van der Waals surface area (Å²) in [6, 6.07) is 22.0. The molecule has 0 saturated heterocycles. The zero-order chi connectivity index (χ0) is 21.5. The molecule has 0 aromatic heterocycles. The first-order chi connectivity index (χ1) is 15.2. The second kappa shape index (κ2) is 10.9. The minimum absolute atomic E-state index is 0.883. The van der Waals surface area contributed by atoms with Crippen molar-refractivity contribution in [3.05, 3.63) is 71.8 Å². The van der Waals surface area contributed by atoms with Crippen LogP contribution in [0.1, 0.15) is 56.1 Å². The molecular weight excluding hydrogens is 376 g/mol. The van der Waals surface area contributed by atoms with Crippen molar-refractivity contribution >= 4 is 11.4 Å². The van der Waals surface area contributed by atoms with E-state index in [9.17, 15) is 0 Å². The molecule has 0 spiro atoms.